The SMILES string of the molecule is CN1C(=O)N(C)[C@@H]2[C@@H]1NC(=O)N2CC(=O)N1CCC(Oc2cccc(F)c2)CC1. The van der Waals surface area contributed by atoms with Crippen LogP contribution in [-0.4, -0.2) is 89.7 Å². The Morgan fingerprint density at radius 2 is 1.93 bits per heavy atom. The summed E-state index contributed by atoms with van der Waals surface area (Å²) in [4.78, 5) is 43.2. The quantitative estimate of drug-likeness (QED) is 0.806. The lowest BCUT2D eigenvalue weighted by Crippen LogP contribution is -2.51. The van der Waals surface area contributed by atoms with Gasteiger partial charge in [-0.2, -0.15) is 0 Å². The number of urea groups is 2. The number of rotatable bonds is 4. The number of nitrogens with one attached hydrogen (secondary N) is 1. The Morgan fingerprint density at radius 1 is 1.21 bits per heavy atom. The van der Waals surface area contributed by atoms with Crippen LogP contribution in [0.4, 0.5) is 14.0 Å². The van der Waals surface area contributed by atoms with Gasteiger partial charge in [0.1, 0.15) is 36.5 Å². The number of benzene rings is 1. The summed E-state index contributed by atoms with van der Waals surface area (Å²) in [6, 6.07) is 5.45. The second-order valence-electron chi connectivity index (χ2n) is 7.60. The third kappa shape index (κ3) is 3.54. The van der Waals surface area contributed by atoms with E-state index in [1.54, 1.807) is 31.1 Å². The maximum Gasteiger partial charge on any atom is 0.323 e. The highest BCUT2D eigenvalue weighted by atomic mass is 19.1. The number of carbonyl (C=O) groups excluding carboxylic acids is 3. The molecular formula is C19H24FN5O4. The highest BCUT2D eigenvalue weighted by Gasteiger charge is 2.53. The number of piperidine rings is 1. The number of fused-ring (bicyclic) bond motifs is 1. The Kier molecular flexibility index (Phi) is 4.93. The standard InChI is InChI=1S/C19H24FN5O4/c1-22-16-17(23(2)19(22)28)25(18(27)21-16)11-15(26)24-8-6-13(7-9-24)29-14-5-3-4-12(20)10-14/h3-5,10,13,16-17H,6-9,11H2,1-2H3,(H,21,27)/t16-,17+/m1/s1. The minimum absolute atomic E-state index is 0.0894. The maximum absolute atomic E-state index is 13.3. The third-order valence-electron chi connectivity index (χ3n) is 5.75. The van der Waals surface area contributed by atoms with E-state index >= 15 is 0 Å². The number of nitrogens with zero attached hydrogens (tertiary/aromatic N) is 4. The van der Waals surface area contributed by atoms with Gasteiger partial charge < -0.3 is 24.8 Å². The number of hydrogen-bond acceptors (Lipinski definition) is 4. The van der Waals surface area contributed by atoms with Gasteiger partial charge in [-0.25, -0.2) is 14.0 Å². The van der Waals surface area contributed by atoms with E-state index in [0.717, 1.165) is 0 Å². The lowest BCUT2D eigenvalue weighted by Gasteiger charge is -2.34. The van der Waals surface area contributed by atoms with Crippen molar-refractivity contribution in [3.8, 4) is 5.75 Å². The molecule has 1 N–H and O–H groups in total. The Labute approximate surface area is 168 Å². The van der Waals surface area contributed by atoms with Crippen molar-refractivity contribution in [3.63, 3.8) is 0 Å². The second kappa shape index (κ2) is 7.41. The van der Waals surface area contributed by atoms with Crippen molar-refractivity contribution in [2.24, 2.45) is 0 Å². The van der Waals surface area contributed by atoms with E-state index in [1.165, 1.54) is 26.8 Å². The average Bonchev–Trinajstić information content (AvgIpc) is 3.12. The van der Waals surface area contributed by atoms with Crippen LogP contribution in [-0.2, 0) is 4.79 Å². The van der Waals surface area contributed by atoms with Crippen LogP contribution in [0, 0.1) is 5.82 Å². The number of likely N-dealkylation sites (tertiary alicyclic amines) is 1. The van der Waals surface area contributed by atoms with E-state index in [-0.39, 0.29) is 36.4 Å². The largest absolute Gasteiger partial charge is 0.490 e. The van der Waals surface area contributed by atoms with E-state index in [4.69, 9.17) is 4.74 Å². The fraction of sp³-hybridized carbons (Fsp3) is 0.526. The number of amides is 5. The Balaban J connectivity index is 1.32. The van der Waals surface area contributed by atoms with Crippen molar-refractivity contribution in [3.05, 3.63) is 30.1 Å². The first-order valence-electron chi connectivity index (χ1n) is 9.62. The zero-order valence-corrected chi connectivity index (χ0v) is 16.4. The molecule has 29 heavy (non-hydrogen) atoms. The van der Waals surface area contributed by atoms with E-state index in [1.807, 2.05) is 0 Å². The van der Waals surface area contributed by atoms with E-state index in [0.29, 0.717) is 31.7 Å². The van der Waals surface area contributed by atoms with Gasteiger partial charge >= 0.3 is 12.1 Å². The molecule has 1 aromatic rings. The molecule has 0 aromatic heterocycles. The van der Waals surface area contributed by atoms with E-state index < -0.39 is 12.3 Å². The Morgan fingerprint density at radius 3 is 2.62 bits per heavy atom. The first-order chi connectivity index (χ1) is 13.8. The first kappa shape index (κ1) is 19.3. The number of halogens is 1. The van der Waals surface area contributed by atoms with Crippen molar-refractivity contribution in [2.45, 2.75) is 31.3 Å². The molecule has 2 atom stereocenters. The number of carbonyl (C=O) groups is 3. The topological polar surface area (TPSA) is 85.4 Å². The van der Waals surface area contributed by atoms with Gasteiger partial charge in [0, 0.05) is 46.1 Å². The lowest BCUT2D eigenvalue weighted by molar-refractivity contribution is -0.134. The Hall–Kier alpha value is -3.04. The number of likely N-dealkylation sites (N-methyl/N-ethyl adjacent to an activating group) is 2. The van der Waals surface area contributed by atoms with Crippen LogP contribution < -0.4 is 10.1 Å². The van der Waals surface area contributed by atoms with Crippen LogP contribution in [0.2, 0.25) is 0 Å². The van der Waals surface area contributed by atoms with Crippen molar-refractivity contribution < 1.29 is 23.5 Å². The number of ether oxygens (including phenoxy) is 1. The highest BCUT2D eigenvalue weighted by Crippen LogP contribution is 2.27. The highest BCUT2D eigenvalue weighted by molar-refractivity contribution is 5.88. The molecule has 3 fully saturated rings. The molecule has 9 nitrogen and oxygen atoms in total. The minimum Gasteiger partial charge on any atom is -0.490 e. The zero-order chi connectivity index (χ0) is 20.7. The van der Waals surface area contributed by atoms with Gasteiger partial charge in [-0.15, -0.1) is 0 Å². The molecule has 1 aromatic carbocycles. The van der Waals surface area contributed by atoms with Crippen molar-refractivity contribution in [1.82, 2.24) is 24.9 Å². The van der Waals surface area contributed by atoms with Crippen LogP contribution in [0.3, 0.4) is 0 Å². The smallest absolute Gasteiger partial charge is 0.323 e. The molecule has 0 saturated carbocycles. The number of hydrogen-bond donors (Lipinski definition) is 1. The molecule has 3 heterocycles. The molecule has 3 aliphatic heterocycles. The molecule has 4 rings (SSSR count). The molecule has 10 heteroatoms. The minimum atomic E-state index is -0.502. The van der Waals surface area contributed by atoms with Crippen LogP contribution in [0.5, 0.6) is 5.75 Å². The van der Waals surface area contributed by atoms with Gasteiger partial charge in [-0.05, 0) is 12.1 Å². The summed E-state index contributed by atoms with van der Waals surface area (Å²) in [5.41, 5.74) is 0. The average molecular weight is 405 g/mol. The molecule has 3 saturated heterocycles. The van der Waals surface area contributed by atoms with Crippen LogP contribution >= 0.6 is 0 Å². The van der Waals surface area contributed by atoms with Gasteiger partial charge in [-0.3, -0.25) is 9.69 Å². The van der Waals surface area contributed by atoms with E-state index in [2.05, 4.69) is 5.32 Å². The van der Waals surface area contributed by atoms with Crippen molar-refractivity contribution in [2.75, 3.05) is 33.7 Å². The lowest BCUT2D eigenvalue weighted by atomic mass is 10.1. The summed E-state index contributed by atoms with van der Waals surface area (Å²) in [5.74, 6) is -0.0358. The summed E-state index contributed by atoms with van der Waals surface area (Å²) in [7, 11) is 3.25. The molecule has 5 amide bonds. The van der Waals surface area contributed by atoms with Crippen molar-refractivity contribution >= 4 is 18.0 Å². The zero-order valence-electron chi connectivity index (χ0n) is 16.4. The van der Waals surface area contributed by atoms with Crippen LogP contribution in [0.1, 0.15) is 12.8 Å². The molecular weight excluding hydrogens is 381 g/mol. The monoisotopic (exact) mass is 405 g/mol. The van der Waals surface area contributed by atoms with Crippen LogP contribution in [0.25, 0.3) is 0 Å². The fourth-order valence-electron chi connectivity index (χ4n) is 4.14. The van der Waals surface area contributed by atoms with Crippen molar-refractivity contribution in [1.29, 1.82) is 0 Å². The maximum atomic E-state index is 13.3. The molecule has 156 valence electrons. The fourth-order valence-corrected chi connectivity index (χ4v) is 4.14. The molecule has 0 unspecified atom stereocenters. The second-order valence-corrected chi connectivity index (χ2v) is 7.60. The molecule has 0 aliphatic carbocycles. The van der Waals surface area contributed by atoms with Gasteiger partial charge in [0.2, 0.25) is 5.91 Å². The summed E-state index contributed by atoms with van der Waals surface area (Å²) in [6.45, 7) is 0.905. The predicted molar refractivity (Wildman–Crippen MR) is 100 cm³/mol. The molecule has 0 radical (unpaired) electrons. The van der Waals surface area contributed by atoms with E-state index in [9.17, 15) is 18.8 Å². The van der Waals surface area contributed by atoms with Gasteiger partial charge in [0.15, 0.2) is 0 Å². The summed E-state index contributed by atoms with van der Waals surface area (Å²) in [6.07, 6.45) is 0.201. The predicted octanol–water partition coefficient (Wildman–Crippen LogP) is 0.870. The molecule has 3 aliphatic rings. The van der Waals surface area contributed by atoms with Gasteiger partial charge in [-0.1, -0.05) is 6.07 Å². The Bertz CT molecular complexity index is 829. The third-order valence-corrected chi connectivity index (χ3v) is 5.75. The summed E-state index contributed by atoms with van der Waals surface area (Å²) >= 11 is 0. The summed E-state index contributed by atoms with van der Waals surface area (Å²) in [5, 5.41) is 2.75. The summed E-state index contributed by atoms with van der Waals surface area (Å²) < 4.78 is 19.1. The first-order valence-corrected chi connectivity index (χ1v) is 9.62. The molecule has 0 spiro atoms. The molecule has 0 bridgehead atoms. The van der Waals surface area contributed by atoms with Gasteiger partial charge in [0.05, 0.1) is 0 Å². The normalized spacial score (nSPS) is 24.8. The van der Waals surface area contributed by atoms with Crippen LogP contribution in [0.15, 0.2) is 24.3 Å². The van der Waals surface area contributed by atoms with Gasteiger partial charge in [0.25, 0.3) is 0 Å².